The molecule has 1 heterocycles. The molecule has 136 valence electrons. The van der Waals surface area contributed by atoms with E-state index in [1.165, 1.54) is 11.1 Å². The number of non-ortho nitro benzene ring substituents is 1. The Morgan fingerprint density at radius 2 is 1.67 bits per heavy atom. The summed E-state index contributed by atoms with van der Waals surface area (Å²) in [6.07, 6.45) is 0.828. The van der Waals surface area contributed by atoms with Crippen molar-refractivity contribution in [2.75, 3.05) is 5.32 Å². The maximum atomic E-state index is 11.5. The van der Waals surface area contributed by atoms with Gasteiger partial charge in [0.15, 0.2) is 0 Å². The molecule has 3 aromatic rings. The van der Waals surface area contributed by atoms with Gasteiger partial charge in [-0.3, -0.25) is 10.1 Å². The summed E-state index contributed by atoms with van der Waals surface area (Å²) >= 11 is 0. The largest absolute Gasteiger partial charge is 0.378 e. The first-order valence-corrected chi connectivity index (χ1v) is 9.15. The summed E-state index contributed by atoms with van der Waals surface area (Å²) in [4.78, 5) is 11.2. The first kappa shape index (κ1) is 17.3. The first-order chi connectivity index (χ1) is 13.0. The number of nitrogens with one attached hydrogen (secondary N) is 1. The van der Waals surface area contributed by atoms with Crippen LogP contribution in [0.3, 0.4) is 0 Å². The summed E-state index contributed by atoms with van der Waals surface area (Å²) in [6.45, 7) is 4.14. The third-order valence-corrected chi connectivity index (χ3v) is 5.67. The van der Waals surface area contributed by atoms with E-state index in [1.807, 2.05) is 31.2 Å². The fraction of sp³-hybridized carbons (Fsp3) is 0.217. The molecule has 0 aromatic heterocycles. The number of benzene rings is 3. The molecule has 0 fully saturated rings. The molecule has 4 nitrogen and oxygen atoms in total. The Bertz CT molecular complexity index is 986. The van der Waals surface area contributed by atoms with E-state index in [4.69, 9.17) is 0 Å². The molecule has 2 unspecified atom stereocenters. The predicted molar refractivity (Wildman–Crippen MR) is 108 cm³/mol. The van der Waals surface area contributed by atoms with Crippen LogP contribution in [0.1, 0.15) is 41.6 Å². The molecule has 2 atom stereocenters. The molecule has 0 spiro atoms. The number of hydrogen-bond donors (Lipinski definition) is 1. The van der Waals surface area contributed by atoms with Crippen molar-refractivity contribution >= 4 is 11.4 Å². The van der Waals surface area contributed by atoms with Crippen molar-refractivity contribution < 1.29 is 4.92 Å². The average molecular weight is 358 g/mol. The molecule has 1 N–H and O–H groups in total. The zero-order valence-electron chi connectivity index (χ0n) is 15.5. The third kappa shape index (κ3) is 2.97. The Labute approximate surface area is 159 Å². The Morgan fingerprint density at radius 3 is 2.30 bits per heavy atom. The molecule has 27 heavy (non-hydrogen) atoms. The quantitative estimate of drug-likeness (QED) is 0.478. The van der Waals surface area contributed by atoms with Crippen LogP contribution in [0.25, 0.3) is 0 Å². The van der Waals surface area contributed by atoms with Crippen LogP contribution in [0.15, 0.2) is 72.8 Å². The fourth-order valence-electron chi connectivity index (χ4n) is 4.21. The summed E-state index contributed by atoms with van der Waals surface area (Å²) in [5, 5.41) is 15.1. The second kappa shape index (κ2) is 6.54. The number of hydrogen-bond acceptors (Lipinski definition) is 3. The van der Waals surface area contributed by atoms with Gasteiger partial charge in [-0.2, -0.15) is 0 Å². The number of fused-ring (bicyclic) bond motifs is 1. The smallest absolute Gasteiger partial charge is 0.270 e. The van der Waals surface area contributed by atoms with Gasteiger partial charge in [-0.25, -0.2) is 0 Å². The molecule has 0 radical (unpaired) electrons. The van der Waals surface area contributed by atoms with Crippen LogP contribution in [0.5, 0.6) is 0 Å². The highest BCUT2D eigenvalue weighted by molar-refractivity contribution is 5.69. The Hall–Kier alpha value is -3.14. The molecule has 4 rings (SSSR count). The monoisotopic (exact) mass is 358 g/mol. The van der Waals surface area contributed by atoms with E-state index in [2.05, 4.69) is 48.6 Å². The molecule has 3 aromatic carbocycles. The summed E-state index contributed by atoms with van der Waals surface area (Å²) in [7, 11) is 0. The lowest BCUT2D eigenvalue weighted by Crippen LogP contribution is -2.35. The SMILES string of the molecule is Cc1cc([N+](=O)[O-])cc2c1NC(c1ccccc1)CC2(C)c1ccccc1. The molecular weight excluding hydrogens is 336 g/mol. The zero-order valence-corrected chi connectivity index (χ0v) is 15.5. The van der Waals surface area contributed by atoms with E-state index in [1.54, 1.807) is 12.1 Å². The number of nitro groups is 1. The number of rotatable bonds is 3. The van der Waals surface area contributed by atoms with E-state index in [9.17, 15) is 10.1 Å². The molecule has 1 aliphatic rings. The highest BCUT2D eigenvalue weighted by Crippen LogP contribution is 2.50. The van der Waals surface area contributed by atoms with Crippen molar-refractivity contribution in [3.63, 3.8) is 0 Å². The highest BCUT2D eigenvalue weighted by Gasteiger charge is 2.40. The van der Waals surface area contributed by atoms with Gasteiger partial charge in [0.25, 0.3) is 5.69 Å². The Balaban J connectivity index is 1.93. The molecule has 0 aliphatic carbocycles. The first-order valence-electron chi connectivity index (χ1n) is 9.15. The predicted octanol–water partition coefficient (Wildman–Crippen LogP) is 5.77. The van der Waals surface area contributed by atoms with E-state index in [0.717, 1.165) is 23.2 Å². The zero-order chi connectivity index (χ0) is 19.0. The van der Waals surface area contributed by atoms with Gasteiger partial charge in [-0.15, -0.1) is 0 Å². The lowest BCUT2D eigenvalue weighted by molar-refractivity contribution is -0.385. The summed E-state index contributed by atoms with van der Waals surface area (Å²) in [5.41, 5.74) is 5.13. The molecule has 4 heteroatoms. The van der Waals surface area contributed by atoms with Crippen LogP contribution >= 0.6 is 0 Å². The molecule has 1 aliphatic heterocycles. The fourth-order valence-corrected chi connectivity index (χ4v) is 4.21. The van der Waals surface area contributed by atoms with Gasteiger partial charge in [-0.05, 0) is 35.6 Å². The van der Waals surface area contributed by atoms with Gasteiger partial charge in [0.2, 0.25) is 0 Å². The standard InChI is InChI=1S/C23H22N2O2/c1-16-13-19(25(26)27)14-20-22(16)24-21(17-9-5-3-6-10-17)15-23(20,2)18-11-7-4-8-12-18/h3-14,21,24H,15H2,1-2H3. The van der Waals surface area contributed by atoms with Gasteiger partial charge in [0.05, 0.1) is 11.0 Å². The van der Waals surface area contributed by atoms with Crippen LogP contribution < -0.4 is 5.32 Å². The van der Waals surface area contributed by atoms with E-state index < -0.39 is 0 Å². The van der Waals surface area contributed by atoms with Crippen molar-refractivity contribution in [2.24, 2.45) is 0 Å². The van der Waals surface area contributed by atoms with Gasteiger partial charge in [-0.1, -0.05) is 67.6 Å². The van der Waals surface area contributed by atoms with Crippen molar-refractivity contribution in [1.29, 1.82) is 0 Å². The summed E-state index contributed by atoms with van der Waals surface area (Å²) in [6, 6.07) is 24.2. The van der Waals surface area contributed by atoms with Crippen molar-refractivity contribution in [1.82, 2.24) is 0 Å². The van der Waals surface area contributed by atoms with Crippen LogP contribution in [-0.4, -0.2) is 4.92 Å². The summed E-state index contributed by atoms with van der Waals surface area (Å²) < 4.78 is 0. The molecular formula is C23H22N2O2. The molecule has 0 saturated heterocycles. The topological polar surface area (TPSA) is 55.2 Å². The number of anilines is 1. The normalized spacial score (nSPS) is 21.2. The van der Waals surface area contributed by atoms with Gasteiger partial charge < -0.3 is 5.32 Å². The average Bonchev–Trinajstić information content (AvgIpc) is 2.69. The third-order valence-electron chi connectivity index (χ3n) is 5.67. The van der Waals surface area contributed by atoms with E-state index in [0.29, 0.717) is 0 Å². The van der Waals surface area contributed by atoms with Gasteiger partial charge in [0, 0.05) is 23.2 Å². The van der Waals surface area contributed by atoms with Crippen LogP contribution in [0.2, 0.25) is 0 Å². The van der Waals surface area contributed by atoms with Crippen molar-refractivity contribution in [3.05, 3.63) is 105 Å². The van der Waals surface area contributed by atoms with Crippen molar-refractivity contribution in [2.45, 2.75) is 31.7 Å². The van der Waals surface area contributed by atoms with Gasteiger partial charge in [0.1, 0.15) is 0 Å². The Kier molecular flexibility index (Phi) is 4.19. The van der Waals surface area contributed by atoms with Crippen LogP contribution in [0, 0.1) is 17.0 Å². The lowest BCUT2D eigenvalue weighted by atomic mass is 9.68. The van der Waals surface area contributed by atoms with E-state index >= 15 is 0 Å². The maximum absolute atomic E-state index is 11.5. The molecule has 0 bridgehead atoms. The molecule has 0 amide bonds. The van der Waals surface area contributed by atoms with Crippen LogP contribution in [-0.2, 0) is 5.41 Å². The summed E-state index contributed by atoms with van der Waals surface area (Å²) in [5.74, 6) is 0. The number of nitro benzene ring substituents is 1. The van der Waals surface area contributed by atoms with Crippen molar-refractivity contribution in [3.8, 4) is 0 Å². The minimum Gasteiger partial charge on any atom is -0.378 e. The maximum Gasteiger partial charge on any atom is 0.270 e. The van der Waals surface area contributed by atoms with E-state index in [-0.39, 0.29) is 22.1 Å². The molecule has 0 saturated carbocycles. The van der Waals surface area contributed by atoms with Gasteiger partial charge >= 0.3 is 0 Å². The highest BCUT2D eigenvalue weighted by atomic mass is 16.6. The lowest BCUT2D eigenvalue weighted by Gasteiger charge is -2.42. The minimum atomic E-state index is -0.320. The number of aryl methyl sites for hydroxylation is 1. The second-order valence-electron chi connectivity index (χ2n) is 7.45. The minimum absolute atomic E-state index is 0.143. The second-order valence-corrected chi connectivity index (χ2v) is 7.45. The van der Waals surface area contributed by atoms with Crippen LogP contribution in [0.4, 0.5) is 11.4 Å². The Morgan fingerprint density at radius 1 is 1.04 bits per heavy atom. The number of nitrogens with zero attached hydrogens (tertiary/aromatic N) is 1.